The first-order valence-corrected chi connectivity index (χ1v) is 7.99. The van der Waals surface area contributed by atoms with E-state index in [2.05, 4.69) is 0 Å². The number of nitrogen functional groups attached to an aromatic ring is 1. The maximum absolute atomic E-state index is 12.6. The van der Waals surface area contributed by atoms with E-state index < -0.39 is 10.0 Å². The van der Waals surface area contributed by atoms with Gasteiger partial charge in [0.1, 0.15) is 0 Å². The minimum absolute atomic E-state index is 0.190. The third-order valence-corrected chi connectivity index (χ3v) is 6.30. The lowest BCUT2D eigenvalue weighted by molar-refractivity contribution is 0.576. The maximum atomic E-state index is 12.6. The SMILES string of the molecule is Nc1ccc2c(c1)N(S(=O)(=O)C1CCCC1)CC2. The molecule has 1 fully saturated rings. The van der Waals surface area contributed by atoms with Crippen molar-refractivity contribution in [1.29, 1.82) is 0 Å². The number of fused-ring (bicyclic) bond motifs is 1. The Kier molecular flexibility index (Phi) is 2.73. The lowest BCUT2D eigenvalue weighted by atomic mass is 10.1. The Labute approximate surface area is 108 Å². The Balaban J connectivity index is 1.98. The molecule has 0 atom stereocenters. The van der Waals surface area contributed by atoms with Gasteiger partial charge < -0.3 is 5.73 Å². The summed E-state index contributed by atoms with van der Waals surface area (Å²) in [5.41, 5.74) is 8.28. The van der Waals surface area contributed by atoms with Gasteiger partial charge in [-0.3, -0.25) is 4.31 Å². The second-order valence-electron chi connectivity index (χ2n) is 5.16. The van der Waals surface area contributed by atoms with Gasteiger partial charge in [-0.15, -0.1) is 0 Å². The molecule has 0 unspecified atom stereocenters. The molecular weight excluding hydrogens is 248 g/mol. The monoisotopic (exact) mass is 266 g/mol. The number of rotatable bonds is 2. The highest BCUT2D eigenvalue weighted by atomic mass is 32.2. The maximum Gasteiger partial charge on any atom is 0.238 e. The molecule has 0 amide bonds. The molecule has 1 aromatic carbocycles. The van der Waals surface area contributed by atoms with Crippen molar-refractivity contribution in [3.63, 3.8) is 0 Å². The molecule has 0 radical (unpaired) electrons. The summed E-state index contributed by atoms with van der Waals surface area (Å²) in [7, 11) is -3.19. The van der Waals surface area contributed by atoms with Crippen molar-refractivity contribution in [3.8, 4) is 0 Å². The highest BCUT2D eigenvalue weighted by Gasteiger charge is 2.37. The highest BCUT2D eigenvalue weighted by Crippen LogP contribution is 2.36. The number of nitrogens with zero attached hydrogens (tertiary/aromatic N) is 1. The second kappa shape index (κ2) is 4.16. The Bertz CT molecular complexity index is 562. The van der Waals surface area contributed by atoms with Crippen molar-refractivity contribution >= 4 is 21.4 Å². The molecule has 1 aliphatic heterocycles. The zero-order valence-corrected chi connectivity index (χ0v) is 11.1. The number of benzene rings is 1. The molecule has 0 bridgehead atoms. The van der Waals surface area contributed by atoms with Gasteiger partial charge >= 0.3 is 0 Å². The first-order chi connectivity index (χ1) is 8.59. The third-order valence-electron chi connectivity index (χ3n) is 3.99. The quantitative estimate of drug-likeness (QED) is 0.832. The van der Waals surface area contributed by atoms with Crippen molar-refractivity contribution in [2.75, 3.05) is 16.6 Å². The van der Waals surface area contributed by atoms with Crippen LogP contribution in [0, 0.1) is 0 Å². The van der Waals surface area contributed by atoms with Gasteiger partial charge in [0, 0.05) is 12.2 Å². The van der Waals surface area contributed by atoms with E-state index in [0.717, 1.165) is 43.4 Å². The van der Waals surface area contributed by atoms with Crippen LogP contribution >= 0.6 is 0 Å². The van der Waals surface area contributed by atoms with Crippen molar-refractivity contribution in [2.45, 2.75) is 37.4 Å². The standard InChI is InChI=1S/C13H18N2O2S/c14-11-6-5-10-7-8-15(13(10)9-11)18(16,17)12-3-1-2-4-12/h5-6,9,12H,1-4,7-8,14H2. The normalized spacial score (nSPS) is 20.3. The summed E-state index contributed by atoms with van der Waals surface area (Å²) in [6.07, 6.45) is 4.46. The lowest BCUT2D eigenvalue weighted by Gasteiger charge is -2.23. The van der Waals surface area contributed by atoms with Gasteiger partial charge in [0.05, 0.1) is 10.9 Å². The largest absolute Gasteiger partial charge is 0.399 e. The van der Waals surface area contributed by atoms with E-state index in [4.69, 9.17) is 5.73 Å². The molecule has 4 nitrogen and oxygen atoms in total. The summed E-state index contributed by atoms with van der Waals surface area (Å²) in [5.74, 6) is 0. The Morgan fingerprint density at radius 2 is 1.94 bits per heavy atom. The van der Waals surface area contributed by atoms with Crippen LogP contribution in [0.15, 0.2) is 18.2 Å². The molecular formula is C13H18N2O2S. The predicted octanol–water partition coefficient (Wildman–Crippen LogP) is 1.90. The van der Waals surface area contributed by atoms with Crippen molar-refractivity contribution in [2.24, 2.45) is 0 Å². The third kappa shape index (κ3) is 1.77. The fourth-order valence-electron chi connectivity index (χ4n) is 3.00. The Morgan fingerprint density at radius 3 is 2.67 bits per heavy atom. The molecule has 2 N–H and O–H groups in total. The van der Waals surface area contributed by atoms with E-state index in [1.807, 2.05) is 12.1 Å². The van der Waals surface area contributed by atoms with Crippen LogP contribution in [0.2, 0.25) is 0 Å². The van der Waals surface area contributed by atoms with Crippen LogP contribution in [0.25, 0.3) is 0 Å². The van der Waals surface area contributed by atoms with Gasteiger partial charge in [0.15, 0.2) is 0 Å². The molecule has 1 saturated carbocycles. The molecule has 5 heteroatoms. The van der Waals surface area contributed by atoms with E-state index in [0.29, 0.717) is 12.2 Å². The molecule has 98 valence electrons. The minimum Gasteiger partial charge on any atom is -0.399 e. The molecule has 3 rings (SSSR count). The molecule has 1 aromatic rings. The highest BCUT2D eigenvalue weighted by molar-refractivity contribution is 7.93. The van der Waals surface area contributed by atoms with E-state index >= 15 is 0 Å². The summed E-state index contributed by atoms with van der Waals surface area (Å²) in [6, 6.07) is 5.56. The number of nitrogens with two attached hydrogens (primary N) is 1. The summed E-state index contributed by atoms with van der Waals surface area (Å²) in [6.45, 7) is 0.567. The summed E-state index contributed by atoms with van der Waals surface area (Å²) in [4.78, 5) is 0. The van der Waals surface area contributed by atoms with Crippen LogP contribution in [0.5, 0.6) is 0 Å². The number of hydrogen-bond donors (Lipinski definition) is 1. The molecule has 1 aliphatic carbocycles. The molecule has 18 heavy (non-hydrogen) atoms. The Morgan fingerprint density at radius 1 is 1.22 bits per heavy atom. The van der Waals surface area contributed by atoms with Crippen molar-refractivity contribution < 1.29 is 8.42 Å². The topological polar surface area (TPSA) is 63.4 Å². The van der Waals surface area contributed by atoms with Crippen LogP contribution in [-0.4, -0.2) is 20.2 Å². The van der Waals surface area contributed by atoms with E-state index in [1.165, 1.54) is 0 Å². The smallest absolute Gasteiger partial charge is 0.238 e. The van der Waals surface area contributed by atoms with Gasteiger partial charge in [-0.25, -0.2) is 8.42 Å². The van der Waals surface area contributed by atoms with Gasteiger partial charge in [0.25, 0.3) is 0 Å². The molecule has 0 spiro atoms. The summed E-state index contributed by atoms with van der Waals surface area (Å²) < 4.78 is 26.8. The number of hydrogen-bond acceptors (Lipinski definition) is 3. The van der Waals surface area contributed by atoms with Crippen LogP contribution in [0.3, 0.4) is 0 Å². The molecule has 0 aromatic heterocycles. The van der Waals surface area contributed by atoms with Crippen LogP contribution < -0.4 is 10.0 Å². The zero-order valence-electron chi connectivity index (χ0n) is 10.3. The first-order valence-electron chi connectivity index (χ1n) is 6.49. The van der Waals surface area contributed by atoms with E-state index in [1.54, 1.807) is 10.4 Å². The van der Waals surface area contributed by atoms with Gasteiger partial charge in [0.2, 0.25) is 10.0 Å². The predicted molar refractivity (Wildman–Crippen MR) is 73.1 cm³/mol. The molecule has 2 aliphatic rings. The van der Waals surface area contributed by atoms with Crippen LogP contribution in [-0.2, 0) is 16.4 Å². The number of sulfonamides is 1. The van der Waals surface area contributed by atoms with Crippen LogP contribution in [0.1, 0.15) is 31.2 Å². The average molecular weight is 266 g/mol. The van der Waals surface area contributed by atoms with Gasteiger partial charge in [-0.05, 0) is 37.0 Å². The molecule has 1 heterocycles. The first kappa shape index (κ1) is 11.8. The zero-order chi connectivity index (χ0) is 12.8. The van der Waals surface area contributed by atoms with Gasteiger partial charge in [-0.1, -0.05) is 18.9 Å². The minimum atomic E-state index is -3.19. The van der Waals surface area contributed by atoms with E-state index in [9.17, 15) is 8.42 Å². The van der Waals surface area contributed by atoms with Crippen molar-refractivity contribution in [1.82, 2.24) is 0 Å². The number of anilines is 2. The summed E-state index contributed by atoms with van der Waals surface area (Å²) >= 11 is 0. The lowest BCUT2D eigenvalue weighted by Crippen LogP contribution is -2.36. The average Bonchev–Trinajstić information content (AvgIpc) is 2.97. The van der Waals surface area contributed by atoms with Crippen molar-refractivity contribution in [3.05, 3.63) is 23.8 Å². The van der Waals surface area contributed by atoms with Gasteiger partial charge in [-0.2, -0.15) is 0 Å². The van der Waals surface area contributed by atoms with Crippen LogP contribution in [0.4, 0.5) is 11.4 Å². The fourth-order valence-corrected chi connectivity index (χ4v) is 5.08. The molecule has 0 saturated heterocycles. The Hall–Kier alpha value is -1.23. The summed E-state index contributed by atoms with van der Waals surface area (Å²) in [5, 5.41) is -0.190. The second-order valence-corrected chi connectivity index (χ2v) is 7.30. The fraction of sp³-hybridized carbons (Fsp3) is 0.538. The van der Waals surface area contributed by atoms with E-state index in [-0.39, 0.29) is 5.25 Å².